The summed E-state index contributed by atoms with van der Waals surface area (Å²) < 4.78 is 0. The van der Waals surface area contributed by atoms with Crippen molar-refractivity contribution >= 4 is 29.1 Å². The smallest absolute Gasteiger partial charge is 0.220 e. The van der Waals surface area contributed by atoms with Gasteiger partial charge in [-0.25, -0.2) is 4.98 Å². The predicted molar refractivity (Wildman–Crippen MR) is 128 cm³/mol. The van der Waals surface area contributed by atoms with Crippen molar-refractivity contribution in [1.82, 2.24) is 10.3 Å². The van der Waals surface area contributed by atoms with Gasteiger partial charge in [-0.1, -0.05) is 32.9 Å². The summed E-state index contributed by atoms with van der Waals surface area (Å²) in [4.78, 5) is 29.9. The molecule has 0 aliphatic carbocycles. The van der Waals surface area contributed by atoms with Gasteiger partial charge < -0.3 is 10.4 Å². The Bertz CT molecular complexity index is 798. The first-order chi connectivity index (χ1) is 14.7. The first kappa shape index (κ1) is 25.5. The molecule has 172 valence electrons. The zero-order valence-corrected chi connectivity index (χ0v) is 20.4. The van der Waals surface area contributed by atoms with Crippen LogP contribution in [0.4, 0.5) is 0 Å². The molecule has 1 amide bonds. The van der Waals surface area contributed by atoms with Crippen LogP contribution in [0.5, 0.6) is 0 Å². The highest BCUT2D eigenvalue weighted by molar-refractivity contribution is 7.09. The molecule has 2 rings (SSSR count). The largest absolute Gasteiger partial charge is 0.392 e. The van der Waals surface area contributed by atoms with E-state index in [1.807, 2.05) is 46.1 Å². The number of carbonyl (C=O) groups is 2. The molecule has 0 radical (unpaired) electrons. The topological polar surface area (TPSA) is 79.3 Å². The number of allylic oxidation sites excluding steroid dienone is 1. The van der Waals surface area contributed by atoms with Gasteiger partial charge in [-0.2, -0.15) is 0 Å². The van der Waals surface area contributed by atoms with E-state index >= 15 is 0 Å². The van der Waals surface area contributed by atoms with Gasteiger partial charge in [0.2, 0.25) is 5.91 Å². The number of hydrogen-bond donors (Lipinski definition) is 2. The van der Waals surface area contributed by atoms with Crippen molar-refractivity contribution in [2.75, 3.05) is 0 Å². The van der Waals surface area contributed by atoms with Gasteiger partial charge >= 0.3 is 0 Å². The van der Waals surface area contributed by atoms with Crippen molar-refractivity contribution < 1.29 is 14.7 Å². The van der Waals surface area contributed by atoms with Crippen LogP contribution in [-0.4, -0.2) is 33.9 Å². The highest BCUT2D eigenvalue weighted by Gasteiger charge is 2.29. The summed E-state index contributed by atoms with van der Waals surface area (Å²) in [5, 5.41) is 16.8. The molecule has 0 aromatic carbocycles. The van der Waals surface area contributed by atoms with Crippen LogP contribution in [0.15, 0.2) is 23.1 Å². The summed E-state index contributed by atoms with van der Waals surface area (Å²) in [7, 11) is 0. The molecule has 0 saturated carbocycles. The van der Waals surface area contributed by atoms with Crippen molar-refractivity contribution in [3.63, 3.8) is 0 Å². The highest BCUT2D eigenvalue weighted by Crippen LogP contribution is 2.24. The average molecular weight is 447 g/mol. The molecule has 1 aliphatic rings. The Kier molecular flexibility index (Phi) is 10.1. The summed E-state index contributed by atoms with van der Waals surface area (Å²) >= 11 is 1.61. The molecule has 1 aromatic heterocycles. The predicted octanol–water partition coefficient (Wildman–Crippen LogP) is 5.09. The summed E-state index contributed by atoms with van der Waals surface area (Å²) in [6.07, 6.45) is 9.99. The number of aromatic nitrogens is 1. The van der Waals surface area contributed by atoms with E-state index in [9.17, 15) is 14.7 Å². The summed E-state index contributed by atoms with van der Waals surface area (Å²) in [6.45, 7) is 9.71. The molecule has 0 spiro atoms. The monoisotopic (exact) mass is 446 g/mol. The Morgan fingerprint density at radius 3 is 2.65 bits per heavy atom. The maximum atomic E-state index is 12.8. The maximum absolute atomic E-state index is 12.8. The molecule has 2 heterocycles. The van der Waals surface area contributed by atoms with Crippen LogP contribution in [0, 0.1) is 24.7 Å². The van der Waals surface area contributed by atoms with Crippen molar-refractivity contribution in [3.05, 3.63) is 33.8 Å². The fourth-order valence-corrected chi connectivity index (χ4v) is 4.65. The lowest BCUT2D eigenvalue weighted by Gasteiger charge is -2.26. The van der Waals surface area contributed by atoms with E-state index in [4.69, 9.17) is 0 Å². The van der Waals surface area contributed by atoms with Gasteiger partial charge in [0.15, 0.2) is 0 Å². The second kappa shape index (κ2) is 12.3. The number of thiazole rings is 1. The fraction of sp³-hybridized carbons (Fsp3) is 0.640. The third kappa shape index (κ3) is 8.00. The number of aryl methyl sites for hydroxylation is 1. The van der Waals surface area contributed by atoms with E-state index in [0.29, 0.717) is 12.8 Å². The van der Waals surface area contributed by atoms with Crippen molar-refractivity contribution in [2.45, 2.75) is 85.3 Å². The SMILES string of the molecule is C/C(=C\c1csc(C)n1)C1C/C=C\CCC[C@H](C)C(O)[C@@H](C)C(=O)C(C)CCC(=O)N1. The Balaban J connectivity index is 2.15. The van der Waals surface area contributed by atoms with Gasteiger partial charge in [0.1, 0.15) is 5.78 Å². The van der Waals surface area contributed by atoms with Crippen LogP contribution < -0.4 is 5.32 Å². The number of aliphatic hydroxyl groups is 1. The number of ketones is 1. The number of Topliss-reactive ketones (excluding diaryl/α,β-unsaturated/α-hetero) is 1. The van der Waals surface area contributed by atoms with Gasteiger partial charge in [0.05, 0.1) is 22.8 Å². The molecule has 3 unspecified atom stereocenters. The van der Waals surface area contributed by atoms with Crippen LogP contribution in [0.25, 0.3) is 6.08 Å². The molecule has 0 bridgehead atoms. The summed E-state index contributed by atoms with van der Waals surface area (Å²) in [5.41, 5.74) is 1.99. The molecule has 0 fully saturated rings. The van der Waals surface area contributed by atoms with E-state index in [-0.39, 0.29) is 29.6 Å². The minimum Gasteiger partial charge on any atom is -0.392 e. The van der Waals surface area contributed by atoms with Gasteiger partial charge in [0, 0.05) is 23.6 Å². The van der Waals surface area contributed by atoms with Crippen molar-refractivity contribution in [2.24, 2.45) is 17.8 Å². The van der Waals surface area contributed by atoms with Crippen LogP contribution in [-0.2, 0) is 9.59 Å². The third-order valence-corrected chi connectivity index (χ3v) is 7.09. The fourth-order valence-electron chi connectivity index (χ4n) is 4.08. The Hall–Kier alpha value is -1.79. The normalized spacial score (nSPS) is 31.3. The molecule has 2 N–H and O–H groups in total. The maximum Gasteiger partial charge on any atom is 0.220 e. The number of carbonyl (C=O) groups excluding carboxylic acids is 2. The number of nitrogens with zero attached hydrogens (tertiary/aromatic N) is 1. The highest BCUT2D eigenvalue weighted by atomic mass is 32.1. The average Bonchev–Trinajstić information content (AvgIpc) is 3.15. The third-order valence-electron chi connectivity index (χ3n) is 6.30. The first-order valence-electron chi connectivity index (χ1n) is 11.5. The number of aliphatic hydroxyl groups excluding tert-OH is 1. The van der Waals surface area contributed by atoms with Gasteiger partial charge in [-0.3, -0.25) is 9.59 Å². The van der Waals surface area contributed by atoms with Crippen LogP contribution in [0.3, 0.4) is 0 Å². The molecule has 0 saturated heterocycles. The van der Waals surface area contributed by atoms with E-state index in [1.54, 1.807) is 11.3 Å². The van der Waals surface area contributed by atoms with Gasteiger partial charge in [0.25, 0.3) is 0 Å². The van der Waals surface area contributed by atoms with Crippen LogP contribution in [0.2, 0.25) is 0 Å². The van der Waals surface area contributed by atoms with Crippen LogP contribution >= 0.6 is 11.3 Å². The molecular weight excluding hydrogens is 408 g/mol. The molecule has 6 heteroatoms. The Morgan fingerprint density at radius 2 is 1.97 bits per heavy atom. The van der Waals surface area contributed by atoms with Gasteiger partial charge in [-0.05, 0) is 63.5 Å². The quantitative estimate of drug-likeness (QED) is 0.620. The van der Waals surface area contributed by atoms with E-state index < -0.39 is 12.0 Å². The molecule has 5 atom stereocenters. The van der Waals surface area contributed by atoms with E-state index in [2.05, 4.69) is 22.5 Å². The molecular formula is C25H38N2O3S. The van der Waals surface area contributed by atoms with Crippen molar-refractivity contribution in [1.29, 1.82) is 0 Å². The summed E-state index contributed by atoms with van der Waals surface area (Å²) in [6, 6.07) is -0.0932. The zero-order valence-electron chi connectivity index (χ0n) is 19.6. The van der Waals surface area contributed by atoms with Crippen molar-refractivity contribution in [3.8, 4) is 0 Å². The standard InChI is InChI=1S/C25H38N2O3S/c1-16-10-8-6-7-9-11-22(18(3)14-21-15-31-20(5)26-21)27-23(28)13-12-17(2)25(30)19(4)24(16)29/h7,9,14-17,19,22,24,29H,6,8,10-13H2,1-5H3,(H,27,28)/b9-7-,18-14+/t16-,17?,19+,22?,24?/m0/s1. The number of amides is 1. The van der Waals surface area contributed by atoms with Gasteiger partial charge in [-0.15, -0.1) is 11.3 Å². The first-order valence-corrected chi connectivity index (χ1v) is 12.3. The second-order valence-corrected chi connectivity index (χ2v) is 10.1. The number of nitrogens with one attached hydrogen (secondary N) is 1. The lowest BCUT2D eigenvalue weighted by atomic mass is 9.82. The molecule has 5 nitrogen and oxygen atoms in total. The minimum atomic E-state index is -0.632. The second-order valence-electron chi connectivity index (χ2n) is 9.04. The Morgan fingerprint density at radius 1 is 1.23 bits per heavy atom. The molecule has 1 aromatic rings. The van der Waals surface area contributed by atoms with E-state index in [1.165, 1.54) is 0 Å². The van der Waals surface area contributed by atoms with E-state index in [0.717, 1.165) is 42.0 Å². The minimum absolute atomic E-state index is 0.0469. The summed E-state index contributed by atoms with van der Waals surface area (Å²) in [5.74, 6) is -0.575. The molecule has 31 heavy (non-hydrogen) atoms. The number of rotatable bonds is 2. The van der Waals surface area contributed by atoms with Crippen LogP contribution in [0.1, 0.15) is 76.9 Å². The lowest BCUT2D eigenvalue weighted by molar-refractivity contribution is -0.131. The Labute approximate surface area is 191 Å². The molecule has 1 aliphatic heterocycles. The number of hydrogen-bond acceptors (Lipinski definition) is 5. The lowest BCUT2D eigenvalue weighted by Crippen LogP contribution is -2.37. The zero-order chi connectivity index (χ0) is 23.0.